The predicted octanol–water partition coefficient (Wildman–Crippen LogP) is 4.51. The van der Waals surface area contributed by atoms with E-state index in [1.165, 1.54) is 30.9 Å². The lowest BCUT2D eigenvalue weighted by Crippen LogP contribution is -2.28. The van der Waals surface area contributed by atoms with Crippen molar-refractivity contribution in [3.8, 4) is 17.2 Å². The van der Waals surface area contributed by atoms with E-state index in [0.717, 1.165) is 5.56 Å². The van der Waals surface area contributed by atoms with Crippen molar-refractivity contribution in [1.29, 1.82) is 0 Å². The van der Waals surface area contributed by atoms with Gasteiger partial charge in [0.15, 0.2) is 16.7 Å². The first kappa shape index (κ1) is 22.2. The first-order valence-corrected chi connectivity index (χ1v) is 10.8. The number of carbonyl (C=O) groups excluding carboxylic acids is 1. The average Bonchev–Trinajstić information content (AvgIpc) is 3.45. The Morgan fingerprint density at radius 3 is 2.42 bits per heavy atom. The molecule has 9 heteroatoms. The summed E-state index contributed by atoms with van der Waals surface area (Å²) in [5.41, 5.74) is 1.53. The molecule has 0 aliphatic carbocycles. The van der Waals surface area contributed by atoms with Crippen LogP contribution < -0.4 is 9.47 Å². The number of phenols is 1. The normalized spacial score (nSPS) is 16.3. The Labute approximate surface area is 194 Å². The number of hydrogen-bond donors (Lipinski definition) is 1. The molecule has 0 bridgehead atoms. The lowest BCUT2D eigenvalue weighted by molar-refractivity contribution is -0.122. The Morgan fingerprint density at radius 1 is 1.06 bits per heavy atom. The number of aromatic hydroxyl groups is 1. The highest BCUT2D eigenvalue weighted by molar-refractivity contribution is 8.18. The third kappa shape index (κ3) is 5.09. The monoisotopic (exact) mass is 463 g/mol. The Bertz CT molecular complexity index is 1200. The van der Waals surface area contributed by atoms with Gasteiger partial charge in [0.25, 0.3) is 5.91 Å². The number of thioether (sulfide) groups is 1. The van der Waals surface area contributed by atoms with Crippen LogP contribution in [-0.4, -0.2) is 41.5 Å². The summed E-state index contributed by atoms with van der Waals surface area (Å²) < 4.78 is 15.8. The Balaban J connectivity index is 1.66. The van der Waals surface area contributed by atoms with Crippen molar-refractivity contribution in [3.05, 3.63) is 82.7 Å². The van der Waals surface area contributed by atoms with E-state index in [1.54, 1.807) is 42.8 Å². The summed E-state index contributed by atoms with van der Waals surface area (Å²) in [6, 6.07) is 16.4. The summed E-state index contributed by atoms with van der Waals surface area (Å²) in [6.07, 6.45) is 4.87. The Kier molecular flexibility index (Phi) is 6.80. The average molecular weight is 464 g/mol. The third-order valence-electron chi connectivity index (χ3n) is 4.73. The minimum absolute atomic E-state index is 0.107. The van der Waals surface area contributed by atoms with Crippen LogP contribution in [0, 0.1) is 0 Å². The summed E-state index contributed by atoms with van der Waals surface area (Å²) in [5.74, 6) is 0.759. The van der Waals surface area contributed by atoms with Gasteiger partial charge in [0, 0.05) is 0 Å². The zero-order valence-corrected chi connectivity index (χ0v) is 18.8. The molecule has 3 aromatic rings. The van der Waals surface area contributed by atoms with Gasteiger partial charge in [-0.05, 0) is 53.2 Å². The number of hydrogen-bond acceptors (Lipinski definition) is 8. The van der Waals surface area contributed by atoms with Crippen LogP contribution in [0.5, 0.6) is 17.2 Å². The molecule has 2 heterocycles. The van der Waals surface area contributed by atoms with Crippen LogP contribution in [0.3, 0.4) is 0 Å². The van der Waals surface area contributed by atoms with E-state index in [2.05, 4.69) is 10.2 Å². The van der Waals surface area contributed by atoms with Gasteiger partial charge in [0.1, 0.15) is 5.76 Å². The lowest BCUT2D eigenvalue weighted by Gasteiger charge is -2.12. The molecule has 0 atom stereocenters. The van der Waals surface area contributed by atoms with E-state index in [0.29, 0.717) is 21.4 Å². The van der Waals surface area contributed by atoms with Crippen LogP contribution in [0.1, 0.15) is 16.9 Å². The zero-order valence-electron chi connectivity index (χ0n) is 18.0. The zero-order chi connectivity index (χ0) is 23.2. The van der Waals surface area contributed by atoms with Crippen molar-refractivity contribution in [3.63, 3.8) is 0 Å². The van der Waals surface area contributed by atoms with Gasteiger partial charge in [0.05, 0.1) is 38.1 Å². The number of ether oxygens (including phenoxy) is 2. The molecular formula is C24H21N3O5S. The summed E-state index contributed by atoms with van der Waals surface area (Å²) in [6.45, 7) is 0.220. The molecule has 0 radical (unpaired) electrons. The molecule has 1 aromatic heterocycles. The van der Waals surface area contributed by atoms with Crippen molar-refractivity contribution in [2.24, 2.45) is 10.2 Å². The van der Waals surface area contributed by atoms with Crippen LogP contribution in [0.15, 0.2) is 80.4 Å². The maximum atomic E-state index is 13.2. The number of methoxy groups -OCH3 is 2. The van der Waals surface area contributed by atoms with Crippen molar-refractivity contribution in [2.45, 2.75) is 6.54 Å². The number of nitrogens with zero attached hydrogens (tertiary/aromatic N) is 3. The standard InChI is InChI=1S/C24H21N3O5S/c1-30-19-11-17(12-20(31-2)22(19)28)13-21-23(29)27(15-18-9-6-10-32-18)24(33-21)26-25-14-16-7-4-3-5-8-16/h3-14,28H,15H2,1-2H3/b21-13-,25-14+,26-24-. The van der Waals surface area contributed by atoms with Gasteiger partial charge >= 0.3 is 0 Å². The van der Waals surface area contributed by atoms with E-state index in [9.17, 15) is 9.90 Å². The Morgan fingerprint density at radius 2 is 1.79 bits per heavy atom. The topological polar surface area (TPSA) is 96.9 Å². The summed E-state index contributed by atoms with van der Waals surface area (Å²) >= 11 is 1.20. The molecule has 0 spiro atoms. The first-order chi connectivity index (χ1) is 16.1. The highest BCUT2D eigenvalue weighted by atomic mass is 32.2. The summed E-state index contributed by atoms with van der Waals surface area (Å²) in [5, 5.41) is 19.0. The van der Waals surface area contributed by atoms with Gasteiger partial charge in [-0.2, -0.15) is 5.10 Å². The molecule has 0 saturated carbocycles. The van der Waals surface area contributed by atoms with Gasteiger partial charge in [-0.15, -0.1) is 5.10 Å². The third-order valence-corrected chi connectivity index (χ3v) is 5.73. The maximum absolute atomic E-state index is 13.2. The molecule has 1 amide bonds. The quantitative estimate of drug-likeness (QED) is 0.315. The van der Waals surface area contributed by atoms with Crippen molar-refractivity contribution in [1.82, 2.24) is 4.90 Å². The summed E-state index contributed by atoms with van der Waals surface area (Å²) in [4.78, 5) is 15.1. The van der Waals surface area contributed by atoms with Crippen molar-refractivity contribution >= 4 is 35.1 Å². The Hall–Kier alpha value is -3.98. The second kappa shape index (κ2) is 10.1. The molecule has 1 aliphatic rings. The lowest BCUT2D eigenvalue weighted by atomic mass is 10.1. The van der Waals surface area contributed by atoms with Crippen LogP contribution >= 0.6 is 11.8 Å². The molecule has 8 nitrogen and oxygen atoms in total. The number of amides is 1. The van der Waals surface area contributed by atoms with E-state index in [-0.39, 0.29) is 29.7 Å². The number of furan rings is 1. The van der Waals surface area contributed by atoms with Gasteiger partial charge < -0.3 is 19.0 Å². The predicted molar refractivity (Wildman–Crippen MR) is 128 cm³/mol. The molecule has 2 aromatic carbocycles. The van der Waals surface area contributed by atoms with Crippen molar-refractivity contribution < 1.29 is 23.8 Å². The molecule has 0 unspecified atom stereocenters. The highest BCUT2D eigenvalue weighted by Gasteiger charge is 2.34. The van der Waals surface area contributed by atoms with Gasteiger partial charge in [-0.25, -0.2) is 0 Å². The first-order valence-electron chi connectivity index (χ1n) is 9.94. The molecule has 1 aliphatic heterocycles. The van der Waals surface area contributed by atoms with Crippen LogP contribution in [0.25, 0.3) is 6.08 Å². The second-order valence-corrected chi connectivity index (χ2v) is 7.90. The smallest absolute Gasteiger partial charge is 0.267 e. The number of carbonyl (C=O) groups is 1. The fourth-order valence-corrected chi connectivity index (χ4v) is 4.05. The minimum Gasteiger partial charge on any atom is -0.502 e. The van der Waals surface area contributed by atoms with Gasteiger partial charge in [0.2, 0.25) is 5.75 Å². The van der Waals surface area contributed by atoms with Gasteiger partial charge in [-0.3, -0.25) is 9.69 Å². The minimum atomic E-state index is -0.240. The highest BCUT2D eigenvalue weighted by Crippen LogP contribution is 2.39. The molecule has 1 fully saturated rings. The molecular weight excluding hydrogens is 442 g/mol. The maximum Gasteiger partial charge on any atom is 0.267 e. The number of amidine groups is 1. The molecule has 168 valence electrons. The molecule has 33 heavy (non-hydrogen) atoms. The molecule has 1 N–H and O–H groups in total. The second-order valence-electron chi connectivity index (χ2n) is 6.89. The number of benzene rings is 2. The van der Waals surface area contributed by atoms with E-state index >= 15 is 0 Å². The van der Waals surface area contributed by atoms with E-state index in [4.69, 9.17) is 13.9 Å². The molecule has 4 rings (SSSR count). The molecule has 1 saturated heterocycles. The summed E-state index contributed by atoms with van der Waals surface area (Å²) in [7, 11) is 2.89. The van der Waals surface area contributed by atoms with Crippen LogP contribution in [0.2, 0.25) is 0 Å². The largest absolute Gasteiger partial charge is 0.502 e. The fraction of sp³-hybridized carbons (Fsp3) is 0.125. The number of phenolic OH excluding ortho intramolecular Hbond substituents is 1. The number of rotatable bonds is 7. The SMILES string of the molecule is COc1cc(/C=C2\S/C(=N\N=C\c3ccccc3)N(Cc3ccco3)C2=O)cc(OC)c1O. The van der Waals surface area contributed by atoms with Crippen molar-refractivity contribution in [2.75, 3.05) is 14.2 Å². The van der Waals surface area contributed by atoms with E-state index in [1.807, 2.05) is 30.3 Å². The van der Waals surface area contributed by atoms with Crippen LogP contribution in [-0.2, 0) is 11.3 Å². The van der Waals surface area contributed by atoms with Crippen LogP contribution in [0.4, 0.5) is 0 Å². The van der Waals surface area contributed by atoms with E-state index < -0.39 is 0 Å². The fourth-order valence-electron chi connectivity index (χ4n) is 3.11. The van der Waals surface area contributed by atoms with Gasteiger partial charge in [-0.1, -0.05) is 30.3 Å².